The summed E-state index contributed by atoms with van der Waals surface area (Å²) < 4.78 is 22.3. The second-order valence-corrected chi connectivity index (χ2v) is 7.26. The Balaban J connectivity index is 2.49. The summed E-state index contributed by atoms with van der Waals surface area (Å²) >= 11 is 0. The molecular weight excluding hydrogens is 172 g/mol. The first kappa shape index (κ1) is 10.0. The van der Waals surface area contributed by atoms with Gasteiger partial charge in [-0.1, -0.05) is 20.8 Å². The highest BCUT2D eigenvalue weighted by Crippen LogP contribution is 2.31. The first-order chi connectivity index (χ1) is 5.29. The highest BCUT2D eigenvalue weighted by Gasteiger charge is 2.30. The SMILES string of the molecule is CC(C)(C)C[C@@H]1CCS(=O)(=O)C1. The van der Waals surface area contributed by atoms with E-state index in [4.69, 9.17) is 0 Å². The van der Waals surface area contributed by atoms with Crippen molar-refractivity contribution in [3.8, 4) is 0 Å². The minimum atomic E-state index is -2.67. The molecule has 1 atom stereocenters. The average molecular weight is 190 g/mol. The van der Waals surface area contributed by atoms with Crippen LogP contribution in [0.1, 0.15) is 33.6 Å². The minimum absolute atomic E-state index is 0.268. The van der Waals surface area contributed by atoms with Crippen LogP contribution in [0.15, 0.2) is 0 Å². The Hall–Kier alpha value is -0.0500. The molecule has 72 valence electrons. The van der Waals surface area contributed by atoms with E-state index in [-0.39, 0.29) is 5.41 Å². The van der Waals surface area contributed by atoms with Crippen molar-refractivity contribution in [2.75, 3.05) is 11.5 Å². The number of sulfone groups is 1. The van der Waals surface area contributed by atoms with Crippen molar-refractivity contribution in [2.45, 2.75) is 33.6 Å². The van der Waals surface area contributed by atoms with Crippen molar-refractivity contribution < 1.29 is 8.42 Å². The van der Waals surface area contributed by atoms with Crippen molar-refractivity contribution in [1.82, 2.24) is 0 Å². The summed E-state index contributed by atoms with van der Waals surface area (Å²) in [7, 11) is -2.67. The van der Waals surface area contributed by atoms with Crippen molar-refractivity contribution in [3.63, 3.8) is 0 Å². The highest BCUT2D eigenvalue weighted by atomic mass is 32.2. The second-order valence-electron chi connectivity index (χ2n) is 5.03. The molecule has 1 heterocycles. The molecule has 0 amide bonds. The highest BCUT2D eigenvalue weighted by molar-refractivity contribution is 7.91. The maximum atomic E-state index is 11.1. The van der Waals surface area contributed by atoms with Gasteiger partial charge in [-0.25, -0.2) is 8.42 Å². The van der Waals surface area contributed by atoms with E-state index in [2.05, 4.69) is 20.8 Å². The number of hydrogen-bond acceptors (Lipinski definition) is 2. The van der Waals surface area contributed by atoms with Gasteiger partial charge >= 0.3 is 0 Å². The zero-order valence-corrected chi connectivity index (χ0v) is 8.95. The van der Waals surface area contributed by atoms with Crippen LogP contribution in [0.5, 0.6) is 0 Å². The third kappa shape index (κ3) is 3.13. The van der Waals surface area contributed by atoms with Crippen LogP contribution in [0.3, 0.4) is 0 Å². The number of hydrogen-bond donors (Lipinski definition) is 0. The van der Waals surface area contributed by atoms with Gasteiger partial charge in [0, 0.05) is 0 Å². The van der Waals surface area contributed by atoms with E-state index in [1.54, 1.807) is 0 Å². The molecule has 0 bridgehead atoms. The molecule has 0 spiro atoms. The fourth-order valence-corrected chi connectivity index (χ4v) is 3.76. The van der Waals surface area contributed by atoms with Gasteiger partial charge in [-0.2, -0.15) is 0 Å². The topological polar surface area (TPSA) is 34.1 Å². The normalized spacial score (nSPS) is 29.1. The molecular formula is C9H18O2S. The van der Waals surface area contributed by atoms with Crippen LogP contribution in [0, 0.1) is 11.3 Å². The van der Waals surface area contributed by atoms with E-state index >= 15 is 0 Å². The first-order valence-corrected chi connectivity index (χ1v) is 6.31. The molecule has 0 N–H and O–H groups in total. The molecule has 1 rings (SSSR count). The molecule has 3 heteroatoms. The van der Waals surface area contributed by atoms with Crippen molar-refractivity contribution >= 4 is 9.84 Å². The van der Waals surface area contributed by atoms with E-state index in [1.807, 2.05) is 0 Å². The largest absolute Gasteiger partial charge is 0.229 e. The first-order valence-electron chi connectivity index (χ1n) is 4.49. The third-order valence-corrected chi connectivity index (χ3v) is 4.06. The lowest BCUT2D eigenvalue weighted by molar-refractivity contribution is 0.311. The monoisotopic (exact) mass is 190 g/mol. The predicted molar refractivity (Wildman–Crippen MR) is 50.8 cm³/mol. The van der Waals surface area contributed by atoms with Crippen molar-refractivity contribution in [3.05, 3.63) is 0 Å². The molecule has 0 unspecified atom stereocenters. The standard InChI is InChI=1S/C9H18O2S/c1-9(2,3)6-8-4-5-12(10,11)7-8/h8H,4-7H2,1-3H3/t8-/m0/s1. The van der Waals surface area contributed by atoms with Gasteiger partial charge in [0.25, 0.3) is 0 Å². The fraction of sp³-hybridized carbons (Fsp3) is 1.00. The summed E-state index contributed by atoms with van der Waals surface area (Å²) in [5.74, 6) is 1.24. The molecule has 1 saturated heterocycles. The molecule has 12 heavy (non-hydrogen) atoms. The second kappa shape index (κ2) is 3.02. The van der Waals surface area contributed by atoms with Gasteiger partial charge in [0.15, 0.2) is 9.84 Å². The lowest BCUT2D eigenvalue weighted by Crippen LogP contribution is -2.14. The van der Waals surface area contributed by atoms with Crippen molar-refractivity contribution in [1.29, 1.82) is 0 Å². The Bertz CT molecular complexity index is 246. The Kier molecular flexibility index (Phi) is 2.52. The molecule has 0 aliphatic carbocycles. The van der Waals surface area contributed by atoms with Gasteiger partial charge in [0.05, 0.1) is 11.5 Å². The lowest BCUT2D eigenvalue weighted by atomic mass is 9.84. The van der Waals surface area contributed by atoms with Gasteiger partial charge in [-0.15, -0.1) is 0 Å². The zero-order chi connectivity index (χ0) is 9.41. The Morgan fingerprint density at radius 1 is 1.33 bits per heavy atom. The van der Waals surface area contributed by atoms with Crippen molar-refractivity contribution in [2.24, 2.45) is 11.3 Å². The molecule has 0 aromatic heterocycles. The van der Waals surface area contributed by atoms with E-state index in [1.165, 1.54) is 0 Å². The Morgan fingerprint density at radius 3 is 2.25 bits per heavy atom. The van der Waals surface area contributed by atoms with Crippen LogP contribution in [0.4, 0.5) is 0 Å². The van der Waals surface area contributed by atoms with Gasteiger partial charge in [-0.3, -0.25) is 0 Å². The van der Waals surface area contributed by atoms with Crippen LogP contribution in [0.25, 0.3) is 0 Å². The summed E-state index contributed by atoms with van der Waals surface area (Å²) in [4.78, 5) is 0. The van der Waals surface area contributed by atoms with Crippen LogP contribution in [-0.2, 0) is 9.84 Å². The summed E-state index contributed by atoms with van der Waals surface area (Å²) in [6, 6.07) is 0. The van der Waals surface area contributed by atoms with Gasteiger partial charge in [-0.05, 0) is 24.2 Å². The Labute approximate surface area is 75.3 Å². The van der Waals surface area contributed by atoms with Gasteiger partial charge < -0.3 is 0 Å². The van der Waals surface area contributed by atoms with Crippen LogP contribution in [0.2, 0.25) is 0 Å². The number of rotatable bonds is 1. The molecule has 1 fully saturated rings. The van der Waals surface area contributed by atoms with E-state index in [9.17, 15) is 8.42 Å². The average Bonchev–Trinajstić information content (AvgIpc) is 2.05. The van der Waals surface area contributed by atoms with Crippen LogP contribution >= 0.6 is 0 Å². The zero-order valence-electron chi connectivity index (χ0n) is 8.13. The van der Waals surface area contributed by atoms with E-state index < -0.39 is 9.84 Å². The maximum absolute atomic E-state index is 11.1. The molecule has 2 nitrogen and oxygen atoms in total. The smallest absolute Gasteiger partial charge is 0.150 e. The van der Waals surface area contributed by atoms with Gasteiger partial charge in [0.2, 0.25) is 0 Å². The lowest BCUT2D eigenvalue weighted by Gasteiger charge is -2.21. The molecule has 1 aliphatic rings. The quantitative estimate of drug-likeness (QED) is 0.632. The molecule has 1 aliphatic heterocycles. The third-order valence-electron chi connectivity index (χ3n) is 2.23. The molecule has 0 saturated carbocycles. The summed E-state index contributed by atoms with van der Waals surface area (Å²) in [5.41, 5.74) is 0.268. The predicted octanol–water partition coefficient (Wildman–Crippen LogP) is 1.86. The van der Waals surface area contributed by atoms with Crippen LogP contribution in [-0.4, -0.2) is 19.9 Å². The minimum Gasteiger partial charge on any atom is -0.229 e. The van der Waals surface area contributed by atoms with Crippen LogP contribution < -0.4 is 0 Å². The van der Waals surface area contributed by atoms with E-state index in [0.717, 1.165) is 12.8 Å². The molecule has 0 aromatic carbocycles. The summed E-state index contributed by atoms with van der Waals surface area (Å²) in [6.45, 7) is 6.49. The molecule has 0 aromatic rings. The van der Waals surface area contributed by atoms with Gasteiger partial charge in [0.1, 0.15) is 0 Å². The summed E-state index contributed by atoms with van der Waals surface area (Å²) in [5, 5.41) is 0. The molecule has 0 radical (unpaired) electrons. The fourth-order valence-electron chi connectivity index (χ4n) is 1.90. The van der Waals surface area contributed by atoms with E-state index in [0.29, 0.717) is 17.4 Å². The maximum Gasteiger partial charge on any atom is 0.150 e. The Morgan fingerprint density at radius 2 is 1.92 bits per heavy atom. The summed E-state index contributed by atoms with van der Waals surface area (Å²) in [6.07, 6.45) is 1.91.